The maximum atomic E-state index is 12.5. The first-order chi connectivity index (χ1) is 12.6. The zero-order valence-electron chi connectivity index (χ0n) is 14.4. The van der Waals surface area contributed by atoms with E-state index >= 15 is 0 Å². The lowest BCUT2D eigenvalue weighted by molar-refractivity contribution is -0.117. The summed E-state index contributed by atoms with van der Waals surface area (Å²) in [5.74, 6) is -0.838. The number of nitrogens with one attached hydrogen (secondary N) is 3. The SMILES string of the molecule is CC(=O)Nc1cccc(NC(=O)[C@@H](C)NS(=O)(=O)c2cc(Cl)ccc2Cl)c1. The molecule has 27 heavy (non-hydrogen) atoms. The average molecular weight is 430 g/mol. The van der Waals surface area contributed by atoms with E-state index in [9.17, 15) is 18.0 Å². The highest BCUT2D eigenvalue weighted by Gasteiger charge is 2.24. The van der Waals surface area contributed by atoms with Crippen LogP contribution in [0, 0.1) is 0 Å². The first-order valence-corrected chi connectivity index (χ1v) is 9.98. The fourth-order valence-electron chi connectivity index (χ4n) is 2.16. The first kappa shape index (κ1) is 21.2. The topological polar surface area (TPSA) is 104 Å². The van der Waals surface area contributed by atoms with Gasteiger partial charge >= 0.3 is 0 Å². The van der Waals surface area contributed by atoms with Crippen LogP contribution in [0.3, 0.4) is 0 Å². The molecule has 3 N–H and O–H groups in total. The van der Waals surface area contributed by atoms with E-state index in [-0.39, 0.29) is 20.8 Å². The molecule has 0 aliphatic rings. The van der Waals surface area contributed by atoms with Crippen molar-refractivity contribution in [3.8, 4) is 0 Å². The van der Waals surface area contributed by atoms with Crippen LogP contribution in [-0.4, -0.2) is 26.3 Å². The predicted molar refractivity (Wildman–Crippen MR) is 106 cm³/mol. The van der Waals surface area contributed by atoms with Gasteiger partial charge in [-0.15, -0.1) is 0 Å². The van der Waals surface area contributed by atoms with Crippen LogP contribution in [0.1, 0.15) is 13.8 Å². The molecule has 2 aromatic rings. The van der Waals surface area contributed by atoms with E-state index in [2.05, 4.69) is 15.4 Å². The van der Waals surface area contributed by atoms with E-state index in [0.717, 1.165) is 0 Å². The summed E-state index contributed by atoms with van der Waals surface area (Å²) in [4.78, 5) is 23.2. The number of hydrogen-bond acceptors (Lipinski definition) is 4. The van der Waals surface area contributed by atoms with Gasteiger partial charge in [0.25, 0.3) is 0 Å². The monoisotopic (exact) mass is 429 g/mol. The Bertz CT molecular complexity index is 980. The van der Waals surface area contributed by atoms with Gasteiger partial charge in [-0.2, -0.15) is 4.72 Å². The lowest BCUT2D eigenvalue weighted by atomic mass is 10.2. The van der Waals surface area contributed by atoms with E-state index < -0.39 is 22.0 Å². The van der Waals surface area contributed by atoms with Gasteiger partial charge in [-0.3, -0.25) is 9.59 Å². The summed E-state index contributed by atoms with van der Waals surface area (Å²) in [5, 5.41) is 5.36. The number of anilines is 2. The van der Waals surface area contributed by atoms with E-state index in [0.29, 0.717) is 11.4 Å². The number of hydrogen-bond donors (Lipinski definition) is 3. The molecule has 0 unspecified atom stereocenters. The van der Waals surface area contributed by atoms with Gasteiger partial charge in [-0.1, -0.05) is 29.3 Å². The van der Waals surface area contributed by atoms with E-state index in [4.69, 9.17) is 23.2 Å². The summed E-state index contributed by atoms with van der Waals surface area (Å²) < 4.78 is 27.2. The molecule has 0 saturated heterocycles. The van der Waals surface area contributed by atoms with Gasteiger partial charge in [0.1, 0.15) is 4.90 Å². The van der Waals surface area contributed by atoms with Crippen molar-refractivity contribution in [2.75, 3.05) is 10.6 Å². The van der Waals surface area contributed by atoms with Crippen LogP contribution in [0.2, 0.25) is 10.0 Å². The van der Waals surface area contributed by atoms with Crippen LogP contribution in [0.15, 0.2) is 47.4 Å². The smallest absolute Gasteiger partial charge is 0.242 e. The lowest BCUT2D eigenvalue weighted by Crippen LogP contribution is -2.41. The molecule has 2 rings (SSSR count). The van der Waals surface area contributed by atoms with Crippen LogP contribution in [-0.2, 0) is 19.6 Å². The van der Waals surface area contributed by atoms with Crippen molar-refractivity contribution in [1.82, 2.24) is 4.72 Å². The molecule has 7 nitrogen and oxygen atoms in total. The normalized spacial score (nSPS) is 12.3. The summed E-state index contributed by atoms with van der Waals surface area (Å²) in [6.07, 6.45) is 0. The van der Waals surface area contributed by atoms with Gasteiger partial charge in [0.2, 0.25) is 21.8 Å². The highest BCUT2D eigenvalue weighted by atomic mass is 35.5. The molecule has 0 aliphatic carbocycles. The second-order valence-electron chi connectivity index (χ2n) is 5.67. The highest BCUT2D eigenvalue weighted by molar-refractivity contribution is 7.89. The Balaban J connectivity index is 2.11. The van der Waals surface area contributed by atoms with Crippen molar-refractivity contribution < 1.29 is 18.0 Å². The van der Waals surface area contributed by atoms with Gasteiger partial charge in [0.15, 0.2) is 0 Å². The van der Waals surface area contributed by atoms with Crippen LogP contribution < -0.4 is 15.4 Å². The number of carbonyl (C=O) groups is 2. The minimum atomic E-state index is -4.06. The zero-order chi connectivity index (χ0) is 20.2. The molecule has 0 saturated carbocycles. The molecule has 2 aromatic carbocycles. The van der Waals surface area contributed by atoms with Crippen molar-refractivity contribution in [3.63, 3.8) is 0 Å². The molecule has 0 radical (unpaired) electrons. The summed E-state index contributed by atoms with van der Waals surface area (Å²) >= 11 is 11.7. The summed E-state index contributed by atoms with van der Waals surface area (Å²) in [6.45, 7) is 2.76. The highest BCUT2D eigenvalue weighted by Crippen LogP contribution is 2.25. The Morgan fingerprint density at radius 3 is 2.26 bits per heavy atom. The molecule has 2 amide bonds. The van der Waals surface area contributed by atoms with Gasteiger partial charge in [0, 0.05) is 23.3 Å². The third-order valence-electron chi connectivity index (χ3n) is 3.36. The molecule has 1 atom stereocenters. The fourth-order valence-corrected chi connectivity index (χ4v) is 4.13. The summed E-state index contributed by atoms with van der Waals surface area (Å²) in [6, 6.07) is 9.39. The molecule has 0 aliphatic heterocycles. The van der Waals surface area contributed by atoms with Crippen LogP contribution in [0.25, 0.3) is 0 Å². The number of halogens is 2. The molecule has 144 valence electrons. The molecule has 0 aromatic heterocycles. The van der Waals surface area contributed by atoms with E-state index in [1.54, 1.807) is 24.3 Å². The summed E-state index contributed by atoms with van der Waals surface area (Å²) in [7, 11) is -4.06. The Labute approximate surface area is 167 Å². The van der Waals surface area contributed by atoms with Crippen molar-refractivity contribution in [2.45, 2.75) is 24.8 Å². The minimum Gasteiger partial charge on any atom is -0.326 e. The largest absolute Gasteiger partial charge is 0.326 e. The molecular weight excluding hydrogens is 413 g/mol. The van der Waals surface area contributed by atoms with Crippen LogP contribution >= 0.6 is 23.2 Å². The van der Waals surface area contributed by atoms with Crippen molar-refractivity contribution in [2.24, 2.45) is 0 Å². The molecule has 0 fully saturated rings. The Morgan fingerprint density at radius 2 is 1.63 bits per heavy atom. The number of carbonyl (C=O) groups excluding carboxylic acids is 2. The van der Waals surface area contributed by atoms with Gasteiger partial charge in [-0.05, 0) is 43.3 Å². The molecular formula is C17H17Cl2N3O4S. The van der Waals surface area contributed by atoms with Crippen molar-refractivity contribution in [3.05, 3.63) is 52.5 Å². The maximum absolute atomic E-state index is 12.5. The third-order valence-corrected chi connectivity index (χ3v) is 5.62. The van der Waals surface area contributed by atoms with E-state index in [1.165, 1.54) is 32.0 Å². The molecule has 0 heterocycles. The van der Waals surface area contributed by atoms with Gasteiger partial charge in [-0.25, -0.2) is 8.42 Å². The van der Waals surface area contributed by atoms with Gasteiger partial charge < -0.3 is 10.6 Å². The minimum absolute atomic E-state index is 0.0116. The Morgan fingerprint density at radius 1 is 1.00 bits per heavy atom. The van der Waals surface area contributed by atoms with Gasteiger partial charge in [0.05, 0.1) is 11.1 Å². The Hall–Kier alpha value is -2.13. The second kappa shape index (κ2) is 8.71. The lowest BCUT2D eigenvalue weighted by Gasteiger charge is -2.15. The zero-order valence-corrected chi connectivity index (χ0v) is 16.7. The standard InChI is InChI=1S/C17H17Cl2N3O4S/c1-10(22-27(25,26)16-8-12(18)6-7-15(16)19)17(24)21-14-5-3-4-13(9-14)20-11(2)23/h3-10,22H,1-2H3,(H,20,23)(H,21,24)/t10-/m1/s1. The average Bonchev–Trinajstić information content (AvgIpc) is 2.56. The molecule has 10 heteroatoms. The number of benzene rings is 2. The number of rotatable bonds is 6. The summed E-state index contributed by atoms with van der Waals surface area (Å²) in [5.41, 5.74) is 0.900. The Kier molecular flexibility index (Phi) is 6.83. The van der Waals surface area contributed by atoms with E-state index in [1.807, 2.05) is 0 Å². The maximum Gasteiger partial charge on any atom is 0.242 e. The van der Waals surface area contributed by atoms with Crippen LogP contribution in [0.4, 0.5) is 11.4 Å². The second-order valence-corrected chi connectivity index (χ2v) is 8.19. The quantitative estimate of drug-likeness (QED) is 0.654. The fraction of sp³-hybridized carbons (Fsp3) is 0.176. The molecule has 0 bridgehead atoms. The van der Waals surface area contributed by atoms with Crippen LogP contribution in [0.5, 0.6) is 0 Å². The predicted octanol–water partition coefficient (Wildman–Crippen LogP) is 3.26. The van der Waals surface area contributed by atoms with Crippen molar-refractivity contribution in [1.29, 1.82) is 0 Å². The first-order valence-electron chi connectivity index (χ1n) is 7.74. The van der Waals surface area contributed by atoms with Crippen molar-refractivity contribution >= 4 is 56.4 Å². The number of sulfonamides is 1. The molecule has 0 spiro atoms. The number of amides is 2. The third kappa shape index (κ3) is 5.93.